The number of nitrogens with two attached hydrogens (primary N) is 1. The first-order valence-corrected chi connectivity index (χ1v) is 9.29. The van der Waals surface area contributed by atoms with Crippen molar-refractivity contribution in [2.45, 2.75) is 38.1 Å². The van der Waals surface area contributed by atoms with Crippen molar-refractivity contribution >= 4 is 23.5 Å². The third kappa shape index (κ3) is 7.01. The maximum Gasteiger partial charge on any atom is 0.490 e. The van der Waals surface area contributed by atoms with Crippen LogP contribution in [0.4, 0.5) is 13.2 Å². The number of benzene rings is 1. The number of phenols is 1. The Hall–Kier alpha value is -2.08. The number of likely N-dealkylation sites (tertiary alicyclic amines) is 1. The van der Waals surface area contributed by atoms with Crippen molar-refractivity contribution in [1.82, 2.24) is 4.90 Å². The first-order valence-electron chi connectivity index (χ1n) is 8.92. The second kappa shape index (κ2) is 10.8. The number of nitrogens with zero attached hydrogens (tertiary/aromatic N) is 1. The number of amides is 1. The predicted octanol–water partition coefficient (Wildman–Crippen LogP) is 1.58. The van der Waals surface area contributed by atoms with Gasteiger partial charge in [0.15, 0.2) is 6.10 Å². The highest BCUT2D eigenvalue weighted by atomic mass is 35.5. The summed E-state index contributed by atoms with van der Waals surface area (Å²) in [6.45, 7) is 2.17. The maximum atomic E-state index is 11.8. The van der Waals surface area contributed by atoms with Crippen LogP contribution in [0.1, 0.15) is 30.0 Å². The van der Waals surface area contributed by atoms with Gasteiger partial charge in [0, 0.05) is 29.7 Å². The number of hydrogen-bond acceptors (Lipinski definition) is 6. The van der Waals surface area contributed by atoms with E-state index in [1.54, 1.807) is 12.1 Å². The molecular formula is C18H24ClF3N2O6. The summed E-state index contributed by atoms with van der Waals surface area (Å²) in [4.78, 5) is 22.3. The van der Waals surface area contributed by atoms with Gasteiger partial charge in [-0.25, -0.2) is 4.79 Å². The van der Waals surface area contributed by atoms with E-state index in [2.05, 4.69) is 0 Å². The fourth-order valence-corrected chi connectivity index (χ4v) is 3.14. The number of rotatable bonds is 4. The summed E-state index contributed by atoms with van der Waals surface area (Å²) in [5.41, 5.74) is 7.69. The number of aliphatic hydroxyl groups excluding tert-OH is 2. The van der Waals surface area contributed by atoms with E-state index < -0.39 is 30.8 Å². The Morgan fingerprint density at radius 2 is 1.80 bits per heavy atom. The molecule has 0 saturated carbocycles. The number of hydrogen-bond donors (Lipinski definition) is 5. The largest absolute Gasteiger partial charge is 0.508 e. The van der Waals surface area contributed by atoms with E-state index in [0.717, 1.165) is 5.56 Å². The highest BCUT2D eigenvalue weighted by molar-refractivity contribution is 6.31. The first-order chi connectivity index (χ1) is 13.8. The number of carboxylic acids is 1. The van der Waals surface area contributed by atoms with Crippen molar-refractivity contribution in [3.05, 3.63) is 28.3 Å². The molecule has 2 atom stereocenters. The molecule has 170 valence electrons. The average Bonchev–Trinajstić information content (AvgIpc) is 2.69. The molecule has 0 aliphatic carbocycles. The SMILES string of the molecule is Cc1cc(O)c(C(N)C2CCN(C(=O)C(O)CO)CC2)cc1Cl.O=C(O)C(F)(F)F. The molecule has 6 N–H and O–H groups in total. The number of aliphatic carboxylic acids is 1. The highest BCUT2D eigenvalue weighted by Crippen LogP contribution is 2.36. The summed E-state index contributed by atoms with van der Waals surface area (Å²) in [7, 11) is 0. The Labute approximate surface area is 175 Å². The van der Waals surface area contributed by atoms with Gasteiger partial charge >= 0.3 is 12.1 Å². The maximum absolute atomic E-state index is 11.8. The van der Waals surface area contributed by atoms with Crippen LogP contribution >= 0.6 is 11.6 Å². The highest BCUT2D eigenvalue weighted by Gasteiger charge is 2.38. The molecule has 1 aliphatic rings. The normalized spacial score (nSPS) is 17.0. The van der Waals surface area contributed by atoms with E-state index in [4.69, 9.17) is 32.3 Å². The molecule has 1 aliphatic heterocycles. The molecule has 8 nitrogen and oxygen atoms in total. The molecule has 12 heteroatoms. The molecule has 0 radical (unpaired) electrons. The topological polar surface area (TPSA) is 144 Å². The summed E-state index contributed by atoms with van der Waals surface area (Å²) in [5, 5.41) is 36.0. The summed E-state index contributed by atoms with van der Waals surface area (Å²) in [5.74, 6) is -2.98. The Morgan fingerprint density at radius 3 is 2.23 bits per heavy atom. The third-order valence-corrected chi connectivity index (χ3v) is 5.13. The van der Waals surface area contributed by atoms with E-state index in [1.165, 1.54) is 4.90 Å². The van der Waals surface area contributed by atoms with Gasteiger partial charge < -0.3 is 31.1 Å². The second-order valence-corrected chi connectivity index (χ2v) is 7.26. The van der Waals surface area contributed by atoms with Crippen LogP contribution in [0.15, 0.2) is 12.1 Å². The predicted molar refractivity (Wildman–Crippen MR) is 101 cm³/mol. The lowest BCUT2D eigenvalue weighted by atomic mass is 9.85. The summed E-state index contributed by atoms with van der Waals surface area (Å²) < 4.78 is 31.7. The van der Waals surface area contributed by atoms with Gasteiger partial charge in [-0.15, -0.1) is 0 Å². The van der Waals surface area contributed by atoms with Crippen molar-refractivity contribution in [3.8, 4) is 5.75 Å². The zero-order valence-electron chi connectivity index (χ0n) is 16.1. The summed E-state index contributed by atoms with van der Waals surface area (Å²) >= 11 is 6.11. The van der Waals surface area contributed by atoms with Gasteiger partial charge in [-0.05, 0) is 43.4 Å². The van der Waals surface area contributed by atoms with Gasteiger partial charge in [0.1, 0.15) is 5.75 Å². The molecule has 1 amide bonds. The molecule has 2 unspecified atom stereocenters. The molecule has 1 heterocycles. The van der Waals surface area contributed by atoms with Crippen molar-refractivity contribution in [2.24, 2.45) is 11.7 Å². The standard InChI is InChI=1S/C16H23ClN2O4.C2HF3O2/c1-9-6-13(21)11(7-12(9)17)15(18)10-2-4-19(5-3-10)16(23)14(22)8-20;3-2(4,5)1(6)7/h6-7,10,14-15,20-22H,2-5,8,18H2,1H3;(H,6,7). The average molecular weight is 457 g/mol. The molecule has 0 spiro atoms. The minimum absolute atomic E-state index is 0.106. The van der Waals surface area contributed by atoms with E-state index in [0.29, 0.717) is 36.5 Å². The Kier molecular flexibility index (Phi) is 9.35. The number of carboxylic acid groups (broad SMARTS) is 1. The minimum Gasteiger partial charge on any atom is -0.508 e. The third-order valence-electron chi connectivity index (χ3n) is 4.73. The molecule has 1 aromatic rings. The monoisotopic (exact) mass is 456 g/mol. The van der Waals surface area contributed by atoms with Crippen LogP contribution in [0.5, 0.6) is 5.75 Å². The molecule has 0 bridgehead atoms. The Morgan fingerprint density at radius 1 is 1.30 bits per heavy atom. The van der Waals surface area contributed by atoms with Gasteiger partial charge in [0.25, 0.3) is 5.91 Å². The number of phenolic OH excluding ortho intramolecular Hbond substituents is 1. The molecule has 1 saturated heterocycles. The lowest BCUT2D eigenvalue weighted by Crippen LogP contribution is -2.46. The zero-order chi connectivity index (χ0) is 23.2. The molecule has 30 heavy (non-hydrogen) atoms. The molecule has 0 aromatic heterocycles. The van der Waals surface area contributed by atoms with E-state index in [9.17, 15) is 28.2 Å². The number of aryl methyl sites for hydroxylation is 1. The summed E-state index contributed by atoms with van der Waals surface area (Å²) in [6.07, 6.45) is -5.12. The first kappa shape index (κ1) is 26.0. The summed E-state index contributed by atoms with van der Waals surface area (Å²) in [6, 6.07) is 2.94. The van der Waals surface area contributed by atoms with Crippen LogP contribution in [-0.4, -0.2) is 69.2 Å². The number of aliphatic hydroxyl groups is 2. The minimum atomic E-state index is -5.08. The van der Waals surface area contributed by atoms with Crippen molar-refractivity contribution in [2.75, 3.05) is 19.7 Å². The Bertz CT molecular complexity index is 754. The van der Waals surface area contributed by atoms with Crippen LogP contribution in [-0.2, 0) is 9.59 Å². The number of halogens is 4. The van der Waals surface area contributed by atoms with Gasteiger partial charge in [0.05, 0.1) is 6.61 Å². The van der Waals surface area contributed by atoms with Gasteiger partial charge in [-0.2, -0.15) is 13.2 Å². The fraction of sp³-hybridized carbons (Fsp3) is 0.556. The molecule has 2 rings (SSSR count). The van der Waals surface area contributed by atoms with Crippen molar-refractivity contribution in [1.29, 1.82) is 0 Å². The van der Waals surface area contributed by atoms with Gasteiger partial charge in [0.2, 0.25) is 0 Å². The van der Waals surface area contributed by atoms with E-state index in [-0.39, 0.29) is 17.7 Å². The number of piperidine rings is 1. The fourth-order valence-electron chi connectivity index (χ4n) is 2.97. The number of carbonyl (C=O) groups excluding carboxylic acids is 1. The smallest absolute Gasteiger partial charge is 0.490 e. The molecule has 1 aromatic carbocycles. The van der Waals surface area contributed by atoms with Crippen molar-refractivity contribution < 1.29 is 43.2 Å². The van der Waals surface area contributed by atoms with E-state index >= 15 is 0 Å². The quantitative estimate of drug-likeness (QED) is 0.462. The van der Waals surface area contributed by atoms with Crippen LogP contribution in [0, 0.1) is 12.8 Å². The number of aromatic hydroxyl groups is 1. The van der Waals surface area contributed by atoms with Crippen LogP contribution < -0.4 is 5.73 Å². The lowest BCUT2D eigenvalue weighted by molar-refractivity contribution is -0.192. The molecular weight excluding hydrogens is 433 g/mol. The molecule has 1 fully saturated rings. The number of carbonyl (C=O) groups is 2. The second-order valence-electron chi connectivity index (χ2n) is 6.85. The van der Waals surface area contributed by atoms with Crippen molar-refractivity contribution in [3.63, 3.8) is 0 Å². The lowest BCUT2D eigenvalue weighted by Gasteiger charge is -2.35. The Balaban J connectivity index is 0.000000553. The van der Waals surface area contributed by atoms with Crippen LogP contribution in [0.3, 0.4) is 0 Å². The van der Waals surface area contributed by atoms with E-state index in [1.807, 2.05) is 6.92 Å². The number of alkyl halides is 3. The zero-order valence-corrected chi connectivity index (χ0v) is 16.8. The van der Waals surface area contributed by atoms with Crippen LogP contribution in [0.2, 0.25) is 5.02 Å². The van der Waals surface area contributed by atoms with Crippen LogP contribution in [0.25, 0.3) is 0 Å². The van der Waals surface area contributed by atoms with Gasteiger partial charge in [-0.1, -0.05) is 11.6 Å². The van der Waals surface area contributed by atoms with Gasteiger partial charge in [-0.3, -0.25) is 4.79 Å².